The highest BCUT2D eigenvalue weighted by molar-refractivity contribution is 5.96. The highest BCUT2D eigenvalue weighted by Crippen LogP contribution is 2.05. The van der Waals surface area contributed by atoms with Gasteiger partial charge >= 0.3 is 5.69 Å². The van der Waals surface area contributed by atoms with Crippen molar-refractivity contribution in [2.75, 3.05) is 0 Å². The topological polar surface area (TPSA) is 116 Å². The van der Waals surface area contributed by atoms with Crippen LogP contribution in [0.5, 0.6) is 0 Å². The van der Waals surface area contributed by atoms with Gasteiger partial charge in [0.1, 0.15) is 18.0 Å². The smallest absolute Gasteiger partial charge is 0.332 e. The number of aromatic nitrogens is 4. The number of nitrogens with one attached hydrogen (secondary N) is 1. The summed E-state index contributed by atoms with van der Waals surface area (Å²) < 4.78 is 8.77. The molecule has 3 aromatic heterocycles. The third-order valence-corrected chi connectivity index (χ3v) is 3.76. The number of hydrogen-bond acceptors (Lipinski definition) is 6. The summed E-state index contributed by atoms with van der Waals surface area (Å²) >= 11 is 0. The van der Waals surface area contributed by atoms with Gasteiger partial charge < -0.3 is 8.98 Å². The van der Waals surface area contributed by atoms with Gasteiger partial charge in [0, 0.05) is 14.1 Å². The SMILES string of the molecule is C/C(=N\NC(=O)Cn1cnc2c1c(=O)n(C)c(=O)n2C)c1ccco1. The number of nitrogens with zero attached hydrogens (tertiary/aromatic N) is 5. The van der Waals surface area contributed by atoms with E-state index in [9.17, 15) is 14.4 Å². The maximum absolute atomic E-state index is 12.3. The molecule has 0 aliphatic heterocycles. The minimum Gasteiger partial charge on any atom is -0.463 e. The molecule has 3 aromatic rings. The Morgan fingerprint density at radius 2 is 2.08 bits per heavy atom. The van der Waals surface area contributed by atoms with Crippen LogP contribution in [0.15, 0.2) is 43.8 Å². The molecule has 0 unspecified atom stereocenters. The Balaban J connectivity index is 1.86. The van der Waals surface area contributed by atoms with Crippen LogP contribution in [0.1, 0.15) is 12.7 Å². The largest absolute Gasteiger partial charge is 0.463 e. The van der Waals surface area contributed by atoms with E-state index >= 15 is 0 Å². The van der Waals surface area contributed by atoms with Gasteiger partial charge in [0.15, 0.2) is 11.2 Å². The van der Waals surface area contributed by atoms with Crippen LogP contribution < -0.4 is 16.7 Å². The highest BCUT2D eigenvalue weighted by atomic mass is 16.3. The summed E-state index contributed by atoms with van der Waals surface area (Å²) in [6, 6.07) is 3.44. The van der Waals surface area contributed by atoms with Crippen molar-refractivity contribution in [2.24, 2.45) is 19.2 Å². The molecule has 3 rings (SSSR count). The van der Waals surface area contributed by atoms with Gasteiger partial charge in [0.25, 0.3) is 11.5 Å². The third-order valence-electron chi connectivity index (χ3n) is 3.76. The number of rotatable bonds is 4. The lowest BCUT2D eigenvalue weighted by molar-refractivity contribution is -0.121. The van der Waals surface area contributed by atoms with Crippen LogP contribution in [0.2, 0.25) is 0 Å². The number of imidazole rings is 1. The molecule has 10 nitrogen and oxygen atoms in total. The fraction of sp³-hybridized carbons (Fsp3) is 0.267. The molecule has 0 radical (unpaired) electrons. The molecule has 0 spiro atoms. The van der Waals surface area contributed by atoms with Crippen molar-refractivity contribution < 1.29 is 9.21 Å². The lowest BCUT2D eigenvalue weighted by Gasteiger charge is -2.06. The first kappa shape index (κ1) is 16.4. The normalized spacial score (nSPS) is 11.9. The first-order chi connectivity index (χ1) is 11.9. The molecule has 25 heavy (non-hydrogen) atoms. The van der Waals surface area contributed by atoms with Gasteiger partial charge in [-0.25, -0.2) is 15.2 Å². The Bertz CT molecular complexity index is 1080. The molecule has 0 aromatic carbocycles. The zero-order chi connectivity index (χ0) is 18.1. The van der Waals surface area contributed by atoms with Crippen LogP contribution in [0, 0.1) is 0 Å². The summed E-state index contributed by atoms with van der Waals surface area (Å²) in [5, 5.41) is 3.95. The van der Waals surface area contributed by atoms with Gasteiger partial charge in [-0.05, 0) is 19.1 Å². The Morgan fingerprint density at radius 3 is 2.76 bits per heavy atom. The molecule has 0 atom stereocenters. The van der Waals surface area contributed by atoms with E-state index in [4.69, 9.17) is 4.42 Å². The van der Waals surface area contributed by atoms with Crippen molar-refractivity contribution in [3.8, 4) is 0 Å². The van der Waals surface area contributed by atoms with E-state index < -0.39 is 17.2 Å². The summed E-state index contributed by atoms with van der Waals surface area (Å²) in [5.74, 6) is 0.0957. The molecule has 1 amide bonds. The number of amides is 1. The fourth-order valence-corrected chi connectivity index (χ4v) is 2.39. The molecule has 10 heteroatoms. The van der Waals surface area contributed by atoms with Crippen LogP contribution in [0.3, 0.4) is 0 Å². The van der Waals surface area contributed by atoms with Gasteiger partial charge in [-0.2, -0.15) is 5.10 Å². The monoisotopic (exact) mass is 344 g/mol. The predicted molar refractivity (Wildman–Crippen MR) is 89.3 cm³/mol. The minimum absolute atomic E-state index is 0.168. The van der Waals surface area contributed by atoms with Crippen LogP contribution in [-0.2, 0) is 25.4 Å². The van der Waals surface area contributed by atoms with Crippen molar-refractivity contribution >= 4 is 22.8 Å². The van der Waals surface area contributed by atoms with Gasteiger partial charge in [-0.1, -0.05) is 0 Å². The molecule has 0 aliphatic carbocycles. The number of carbonyl (C=O) groups is 1. The second-order valence-corrected chi connectivity index (χ2v) is 5.46. The number of aryl methyl sites for hydroxylation is 1. The molecular weight excluding hydrogens is 328 g/mol. The van der Waals surface area contributed by atoms with Crippen molar-refractivity contribution in [1.82, 2.24) is 24.1 Å². The summed E-state index contributed by atoms with van der Waals surface area (Å²) in [6.45, 7) is 1.52. The first-order valence-corrected chi connectivity index (χ1v) is 7.38. The Hall–Kier alpha value is -3.43. The Labute approximate surface area is 141 Å². The van der Waals surface area contributed by atoms with E-state index in [1.807, 2.05) is 0 Å². The van der Waals surface area contributed by atoms with E-state index in [0.717, 1.165) is 4.57 Å². The van der Waals surface area contributed by atoms with Crippen LogP contribution in [0.4, 0.5) is 0 Å². The summed E-state index contributed by atoms with van der Waals surface area (Å²) in [6.07, 6.45) is 2.85. The second kappa shape index (κ2) is 6.23. The van der Waals surface area contributed by atoms with Crippen molar-refractivity contribution in [3.63, 3.8) is 0 Å². The van der Waals surface area contributed by atoms with Crippen molar-refractivity contribution in [3.05, 3.63) is 51.3 Å². The average molecular weight is 344 g/mol. The molecule has 0 aliphatic rings. The van der Waals surface area contributed by atoms with E-state index in [1.54, 1.807) is 19.1 Å². The quantitative estimate of drug-likeness (QED) is 0.509. The molecular formula is C15H16N6O4. The summed E-state index contributed by atoms with van der Waals surface area (Å²) in [7, 11) is 2.89. The summed E-state index contributed by atoms with van der Waals surface area (Å²) in [4.78, 5) is 40.4. The number of hydrazone groups is 1. The van der Waals surface area contributed by atoms with E-state index in [-0.39, 0.29) is 17.7 Å². The number of hydrogen-bond donors (Lipinski definition) is 1. The van der Waals surface area contributed by atoms with Gasteiger partial charge in [0.05, 0.1) is 12.6 Å². The van der Waals surface area contributed by atoms with Crippen molar-refractivity contribution in [1.29, 1.82) is 0 Å². The van der Waals surface area contributed by atoms with E-state index in [2.05, 4.69) is 15.5 Å². The number of furan rings is 1. The van der Waals surface area contributed by atoms with Gasteiger partial charge in [-0.3, -0.25) is 18.7 Å². The predicted octanol–water partition coefficient (Wildman–Crippen LogP) is -0.433. The maximum Gasteiger partial charge on any atom is 0.332 e. The van der Waals surface area contributed by atoms with E-state index in [0.29, 0.717) is 11.5 Å². The maximum atomic E-state index is 12.3. The summed E-state index contributed by atoms with van der Waals surface area (Å²) in [5.41, 5.74) is 2.30. The molecule has 1 N–H and O–H groups in total. The Kier molecular flexibility index (Phi) is 4.09. The van der Waals surface area contributed by atoms with Crippen LogP contribution in [-0.4, -0.2) is 30.3 Å². The fourth-order valence-electron chi connectivity index (χ4n) is 2.39. The van der Waals surface area contributed by atoms with Gasteiger partial charge in [0.2, 0.25) is 0 Å². The number of fused-ring (bicyclic) bond motifs is 1. The third kappa shape index (κ3) is 2.89. The Morgan fingerprint density at radius 1 is 1.32 bits per heavy atom. The molecule has 0 saturated carbocycles. The average Bonchev–Trinajstić information content (AvgIpc) is 3.26. The molecule has 0 fully saturated rings. The van der Waals surface area contributed by atoms with Crippen LogP contribution in [0.25, 0.3) is 11.2 Å². The standard InChI is InChI=1S/C15H16N6O4/c1-9(10-5-4-6-25-10)17-18-11(22)7-21-8-16-13-12(21)14(23)20(3)15(24)19(13)2/h4-6,8H,7H2,1-3H3,(H,18,22)/b17-9+. The van der Waals surface area contributed by atoms with Crippen molar-refractivity contribution in [2.45, 2.75) is 13.5 Å². The lowest BCUT2D eigenvalue weighted by Crippen LogP contribution is -2.38. The lowest BCUT2D eigenvalue weighted by atomic mass is 10.3. The van der Waals surface area contributed by atoms with Crippen LogP contribution >= 0.6 is 0 Å². The molecule has 0 bridgehead atoms. The second-order valence-electron chi connectivity index (χ2n) is 5.46. The molecule has 0 saturated heterocycles. The van der Waals surface area contributed by atoms with Gasteiger partial charge in [-0.15, -0.1) is 0 Å². The molecule has 130 valence electrons. The number of carbonyl (C=O) groups excluding carboxylic acids is 1. The zero-order valence-corrected chi connectivity index (χ0v) is 13.9. The minimum atomic E-state index is -0.515. The van der Waals surface area contributed by atoms with E-state index in [1.165, 1.54) is 35.8 Å². The zero-order valence-electron chi connectivity index (χ0n) is 13.9. The highest BCUT2D eigenvalue weighted by Gasteiger charge is 2.15. The molecule has 3 heterocycles. The first-order valence-electron chi connectivity index (χ1n) is 7.38.